The van der Waals surface area contributed by atoms with Crippen LogP contribution in [0.3, 0.4) is 0 Å². The highest BCUT2D eigenvalue weighted by molar-refractivity contribution is 5.82. The molecule has 0 saturated carbocycles. The summed E-state index contributed by atoms with van der Waals surface area (Å²) in [5.41, 5.74) is 0.849. The van der Waals surface area contributed by atoms with Crippen LogP contribution >= 0.6 is 0 Å². The first-order chi connectivity index (χ1) is 10.5. The molecule has 0 aliphatic carbocycles. The smallest absolute Gasteiger partial charge is 0.225 e. The minimum Gasteiger partial charge on any atom is -0.348 e. The zero-order valence-electron chi connectivity index (χ0n) is 13.6. The first-order valence-electron chi connectivity index (χ1n) is 7.99. The number of aromatic nitrogens is 1. The number of amides is 2. The Labute approximate surface area is 132 Å². The number of piperidine rings is 1. The van der Waals surface area contributed by atoms with Gasteiger partial charge in [-0.1, -0.05) is 19.9 Å². The van der Waals surface area contributed by atoms with Crippen LogP contribution in [0.5, 0.6) is 0 Å². The lowest BCUT2D eigenvalue weighted by atomic mass is 9.95. The molecule has 0 radical (unpaired) electrons. The van der Waals surface area contributed by atoms with Gasteiger partial charge in [-0.2, -0.15) is 0 Å². The van der Waals surface area contributed by atoms with Crippen molar-refractivity contribution in [3.05, 3.63) is 30.1 Å². The molecule has 0 aromatic carbocycles. The molecule has 5 nitrogen and oxygen atoms in total. The van der Waals surface area contributed by atoms with Crippen LogP contribution in [0.4, 0.5) is 0 Å². The summed E-state index contributed by atoms with van der Waals surface area (Å²) in [5, 5.41) is 3.02. The number of hydrogen-bond acceptors (Lipinski definition) is 3. The minimum absolute atomic E-state index is 0.0133. The molecule has 1 aromatic heterocycles. The fourth-order valence-electron chi connectivity index (χ4n) is 2.79. The summed E-state index contributed by atoms with van der Waals surface area (Å²) in [5.74, 6) is 0.00606. The van der Waals surface area contributed by atoms with Gasteiger partial charge in [0.25, 0.3) is 0 Å². The van der Waals surface area contributed by atoms with Crippen molar-refractivity contribution < 1.29 is 9.59 Å². The highest BCUT2D eigenvalue weighted by Gasteiger charge is 2.29. The zero-order valence-corrected chi connectivity index (χ0v) is 13.6. The third-order valence-corrected chi connectivity index (χ3v) is 4.09. The molecule has 2 rings (SSSR count). The highest BCUT2D eigenvalue weighted by atomic mass is 16.2. The van der Waals surface area contributed by atoms with Crippen molar-refractivity contribution in [3.63, 3.8) is 0 Å². The van der Waals surface area contributed by atoms with Crippen molar-refractivity contribution in [2.24, 2.45) is 11.8 Å². The predicted octanol–water partition coefficient (Wildman–Crippen LogP) is 2.15. The summed E-state index contributed by atoms with van der Waals surface area (Å²) in [7, 11) is 0. The van der Waals surface area contributed by atoms with Crippen LogP contribution in [0.25, 0.3) is 0 Å². The van der Waals surface area contributed by atoms with Crippen LogP contribution < -0.4 is 5.32 Å². The molecular weight excluding hydrogens is 278 g/mol. The molecule has 0 spiro atoms. The number of likely N-dealkylation sites (tertiary alicyclic amines) is 1. The van der Waals surface area contributed by atoms with Crippen molar-refractivity contribution in [3.8, 4) is 0 Å². The van der Waals surface area contributed by atoms with E-state index in [-0.39, 0.29) is 29.7 Å². The fraction of sp³-hybridized carbons (Fsp3) is 0.588. The number of nitrogens with zero attached hydrogens (tertiary/aromatic N) is 2. The lowest BCUT2D eigenvalue weighted by molar-refractivity contribution is -0.138. The summed E-state index contributed by atoms with van der Waals surface area (Å²) in [6.07, 6.45) is 3.44. The van der Waals surface area contributed by atoms with Gasteiger partial charge >= 0.3 is 0 Å². The van der Waals surface area contributed by atoms with Crippen LogP contribution in [-0.4, -0.2) is 34.8 Å². The van der Waals surface area contributed by atoms with Gasteiger partial charge in [-0.25, -0.2) is 0 Å². The van der Waals surface area contributed by atoms with Gasteiger partial charge in [-0.15, -0.1) is 0 Å². The van der Waals surface area contributed by atoms with Crippen molar-refractivity contribution in [1.29, 1.82) is 0 Å². The second-order valence-electron chi connectivity index (χ2n) is 6.26. The van der Waals surface area contributed by atoms with E-state index in [1.165, 1.54) is 0 Å². The Morgan fingerprint density at radius 1 is 1.32 bits per heavy atom. The number of rotatable bonds is 4. The van der Waals surface area contributed by atoms with Crippen LogP contribution in [0, 0.1) is 11.8 Å². The molecule has 2 atom stereocenters. The van der Waals surface area contributed by atoms with Gasteiger partial charge in [0.2, 0.25) is 11.8 Å². The third-order valence-electron chi connectivity index (χ3n) is 4.09. The maximum atomic E-state index is 12.4. The Morgan fingerprint density at radius 2 is 2.09 bits per heavy atom. The molecule has 22 heavy (non-hydrogen) atoms. The number of carbonyl (C=O) groups excluding carboxylic acids is 2. The molecule has 1 saturated heterocycles. The fourth-order valence-corrected chi connectivity index (χ4v) is 2.79. The van der Waals surface area contributed by atoms with Crippen molar-refractivity contribution >= 4 is 11.8 Å². The number of hydrogen-bond donors (Lipinski definition) is 1. The second kappa shape index (κ2) is 7.38. The van der Waals surface area contributed by atoms with Gasteiger partial charge in [0.1, 0.15) is 0 Å². The van der Waals surface area contributed by atoms with E-state index in [1.807, 2.05) is 43.9 Å². The Balaban J connectivity index is 1.93. The molecule has 1 aromatic rings. The van der Waals surface area contributed by atoms with E-state index >= 15 is 0 Å². The van der Waals surface area contributed by atoms with E-state index in [9.17, 15) is 9.59 Å². The molecule has 1 aliphatic rings. The zero-order chi connectivity index (χ0) is 16.1. The normalized spacial score (nSPS) is 19.8. The van der Waals surface area contributed by atoms with Gasteiger partial charge in [-0.05, 0) is 31.9 Å². The number of nitrogens with one attached hydrogen (secondary N) is 1. The Hall–Kier alpha value is -1.91. The molecule has 0 bridgehead atoms. The summed E-state index contributed by atoms with van der Waals surface area (Å²) in [4.78, 5) is 30.6. The number of carbonyl (C=O) groups is 2. The topological polar surface area (TPSA) is 62.3 Å². The second-order valence-corrected chi connectivity index (χ2v) is 6.26. The van der Waals surface area contributed by atoms with Gasteiger partial charge in [0.15, 0.2) is 0 Å². The third kappa shape index (κ3) is 4.06. The van der Waals surface area contributed by atoms with E-state index in [0.717, 1.165) is 25.1 Å². The van der Waals surface area contributed by atoms with E-state index in [1.54, 1.807) is 6.20 Å². The van der Waals surface area contributed by atoms with Crippen molar-refractivity contribution in [1.82, 2.24) is 15.2 Å². The molecule has 5 heteroatoms. The van der Waals surface area contributed by atoms with E-state index < -0.39 is 0 Å². The monoisotopic (exact) mass is 303 g/mol. The maximum absolute atomic E-state index is 12.4. The lowest BCUT2D eigenvalue weighted by Gasteiger charge is -2.33. The highest BCUT2D eigenvalue weighted by Crippen LogP contribution is 2.20. The average molecular weight is 303 g/mol. The molecule has 1 N–H and O–H groups in total. The van der Waals surface area contributed by atoms with Gasteiger partial charge in [0, 0.05) is 25.2 Å². The van der Waals surface area contributed by atoms with Crippen LogP contribution in [0.1, 0.15) is 45.3 Å². The average Bonchev–Trinajstić information content (AvgIpc) is 2.54. The summed E-state index contributed by atoms with van der Waals surface area (Å²) >= 11 is 0. The summed E-state index contributed by atoms with van der Waals surface area (Å²) in [6, 6.07) is 5.55. The standard InChI is InChI=1S/C17H25N3O2/c1-12(2)17(22)20-10-6-7-14(11-20)16(21)19-13(3)15-8-4-5-9-18-15/h4-5,8-9,12-14H,6-7,10-11H2,1-3H3,(H,19,21)/t13-,14+/m1/s1. The molecular formula is C17H25N3O2. The Kier molecular flexibility index (Phi) is 5.52. The molecule has 1 fully saturated rings. The SMILES string of the molecule is CC(C)C(=O)N1CCC[C@H](C(=O)N[C@H](C)c2ccccn2)C1. The first kappa shape index (κ1) is 16.5. The van der Waals surface area contributed by atoms with Crippen LogP contribution in [-0.2, 0) is 9.59 Å². The van der Waals surface area contributed by atoms with E-state index in [4.69, 9.17) is 0 Å². The van der Waals surface area contributed by atoms with E-state index in [0.29, 0.717) is 6.54 Å². The van der Waals surface area contributed by atoms with Gasteiger partial charge in [-0.3, -0.25) is 14.6 Å². The number of pyridine rings is 1. The van der Waals surface area contributed by atoms with Crippen LogP contribution in [0.2, 0.25) is 0 Å². The minimum atomic E-state index is -0.123. The van der Waals surface area contributed by atoms with Gasteiger partial charge < -0.3 is 10.2 Å². The first-order valence-corrected chi connectivity index (χ1v) is 7.99. The molecule has 0 unspecified atom stereocenters. The lowest BCUT2D eigenvalue weighted by Crippen LogP contribution is -2.47. The quantitative estimate of drug-likeness (QED) is 0.927. The predicted molar refractivity (Wildman–Crippen MR) is 84.9 cm³/mol. The summed E-state index contributed by atoms with van der Waals surface area (Å²) < 4.78 is 0. The molecule has 1 aliphatic heterocycles. The van der Waals surface area contributed by atoms with Crippen molar-refractivity contribution in [2.75, 3.05) is 13.1 Å². The summed E-state index contributed by atoms with van der Waals surface area (Å²) in [6.45, 7) is 7.01. The Bertz CT molecular complexity index is 516. The largest absolute Gasteiger partial charge is 0.348 e. The molecule has 2 amide bonds. The van der Waals surface area contributed by atoms with E-state index in [2.05, 4.69) is 10.3 Å². The Morgan fingerprint density at radius 3 is 2.73 bits per heavy atom. The van der Waals surface area contributed by atoms with Crippen molar-refractivity contribution in [2.45, 2.75) is 39.7 Å². The maximum Gasteiger partial charge on any atom is 0.225 e. The van der Waals surface area contributed by atoms with Crippen LogP contribution in [0.15, 0.2) is 24.4 Å². The van der Waals surface area contributed by atoms with Gasteiger partial charge in [0.05, 0.1) is 17.7 Å². The molecule has 2 heterocycles. The molecule has 120 valence electrons.